The first-order valence-corrected chi connectivity index (χ1v) is 8.18. The number of carbonyl (C=O) groups excluding carboxylic acids is 1. The van der Waals surface area contributed by atoms with Crippen LogP contribution < -0.4 is 4.74 Å². The molecule has 24 heavy (non-hydrogen) atoms. The molecule has 2 heterocycles. The molecule has 0 saturated carbocycles. The van der Waals surface area contributed by atoms with Crippen molar-refractivity contribution < 1.29 is 13.9 Å². The number of hydrogen-bond acceptors (Lipinski definition) is 4. The zero-order chi connectivity index (χ0) is 17.4. The minimum atomic E-state index is -0.652. The van der Waals surface area contributed by atoms with E-state index in [2.05, 4.69) is 26.0 Å². The summed E-state index contributed by atoms with van der Waals surface area (Å²) in [6, 6.07) is 6.07. The number of halogens is 2. The van der Waals surface area contributed by atoms with Gasteiger partial charge in [-0.3, -0.25) is 0 Å². The Bertz CT molecular complexity index is 937. The van der Waals surface area contributed by atoms with Crippen molar-refractivity contribution in [2.24, 2.45) is 0 Å². The second-order valence-corrected chi connectivity index (χ2v) is 6.60. The quantitative estimate of drug-likeness (QED) is 0.489. The van der Waals surface area contributed by atoms with Gasteiger partial charge in [0.25, 0.3) is 0 Å². The highest BCUT2D eigenvalue weighted by atomic mass is 79.9. The molecule has 2 aromatic heterocycles. The topological polar surface area (TPSA) is 57.0 Å². The van der Waals surface area contributed by atoms with Gasteiger partial charge in [-0.1, -0.05) is 15.9 Å². The van der Waals surface area contributed by atoms with Crippen LogP contribution in [0.3, 0.4) is 0 Å². The molecule has 124 valence electrons. The summed E-state index contributed by atoms with van der Waals surface area (Å²) in [5.41, 5.74) is 1.49. The van der Waals surface area contributed by atoms with Crippen LogP contribution in [0.1, 0.15) is 35.9 Å². The van der Waals surface area contributed by atoms with Crippen LogP contribution in [0, 0.1) is 12.7 Å². The minimum Gasteiger partial charge on any atom is -0.420 e. The van der Waals surface area contributed by atoms with E-state index in [-0.39, 0.29) is 17.4 Å². The molecule has 0 unspecified atom stereocenters. The Hall–Kier alpha value is -2.28. The molecule has 7 heteroatoms. The summed E-state index contributed by atoms with van der Waals surface area (Å²) in [5, 5.41) is 5.01. The van der Waals surface area contributed by atoms with Gasteiger partial charge in [-0.15, -0.1) is 0 Å². The summed E-state index contributed by atoms with van der Waals surface area (Å²) in [6.07, 6.45) is 1.65. The molecule has 1 aromatic carbocycles. The number of ether oxygens (including phenoxy) is 1. The van der Waals surface area contributed by atoms with Crippen LogP contribution in [0.2, 0.25) is 0 Å². The Morgan fingerprint density at radius 1 is 1.33 bits per heavy atom. The zero-order valence-corrected chi connectivity index (χ0v) is 15.0. The third-order valence-electron chi connectivity index (χ3n) is 3.57. The molecular weight excluding hydrogens is 377 g/mol. The van der Waals surface area contributed by atoms with Crippen LogP contribution in [-0.4, -0.2) is 20.7 Å². The van der Waals surface area contributed by atoms with E-state index in [1.54, 1.807) is 29.9 Å². The van der Waals surface area contributed by atoms with Gasteiger partial charge in [0, 0.05) is 15.9 Å². The van der Waals surface area contributed by atoms with Gasteiger partial charge in [0.2, 0.25) is 0 Å². The molecule has 0 saturated heterocycles. The molecule has 0 aliphatic heterocycles. The molecule has 0 bridgehead atoms. The smallest absolute Gasteiger partial charge is 0.345 e. The van der Waals surface area contributed by atoms with Crippen LogP contribution in [0.25, 0.3) is 11.0 Å². The fraction of sp³-hybridized carbons (Fsp3) is 0.235. The molecule has 0 spiro atoms. The maximum atomic E-state index is 13.8. The van der Waals surface area contributed by atoms with E-state index in [0.29, 0.717) is 15.8 Å². The Morgan fingerprint density at radius 2 is 2.08 bits per heavy atom. The summed E-state index contributed by atoms with van der Waals surface area (Å²) >= 11 is 3.16. The number of carbonyl (C=O) groups is 1. The van der Waals surface area contributed by atoms with Gasteiger partial charge in [-0.2, -0.15) is 5.10 Å². The molecule has 5 nitrogen and oxygen atoms in total. The molecule has 3 aromatic rings. The van der Waals surface area contributed by atoms with Gasteiger partial charge >= 0.3 is 5.97 Å². The first-order chi connectivity index (χ1) is 11.4. The molecule has 0 radical (unpaired) electrons. The lowest BCUT2D eigenvalue weighted by Gasteiger charge is -2.09. The Labute approximate surface area is 146 Å². The maximum absolute atomic E-state index is 13.8. The monoisotopic (exact) mass is 391 g/mol. The van der Waals surface area contributed by atoms with Gasteiger partial charge in [0.1, 0.15) is 0 Å². The number of rotatable bonds is 3. The molecule has 0 N–H and O–H groups in total. The number of hydrogen-bond donors (Lipinski definition) is 0. The number of esters is 1. The first kappa shape index (κ1) is 16.6. The summed E-state index contributed by atoms with van der Waals surface area (Å²) in [7, 11) is 0. The Balaban J connectivity index is 1.96. The van der Waals surface area contributed by atoms with Crippen LogP contribution >= 0.6 is 15.9 Å². The van der Waals surface area contributed by atoms with Gasteiger partial charge in [0.15, 0.2) is 17.2 Å². The largest absolute Gasteiger partial charge is 0.420 e. The molecule has 0 fully saturated rings. The van der Waals surface area contributed by atoms with E-state index in [9.17, 15) is 9.18 Å². The standard InChI is InChI=1S/C17H15BrFN3O2/c1-9(2)22-16-11(8-20-22)6-13(10(3)21-16)17(23)24-15-5-4-12(18)7-14(15)19/h4-9H,1-3H3. The lowest BCUT2D eigenvalue weighted by Crippen LogP contribution is -2.13. The predicted molar refractivity (Wildman–Crippen MR) is 91.7 cm³/mol. The average Bonchev–Trinajstić information content (AvgIpc) is 2.92. The van der Waals surface area contributed by atoms with Crippen molar-refractivity contribution in [2.75, 3.05) is 0 Å². The third kappa shape index (κ3) is 3.03. The van der Waals surface area contributed by atoms with Gasteiger partial charge < -0.3 is 4.74 Å². The zero-order valence-electron chi connectivity index (χ0n) is 13.4. The SMILES string of the molecule is Cc1nc2c(cnn2C(C)C)cc1C(=O)Oc1ccc(Br)cc1F. The Kier molecular flexibility index (Phi) is 4.36. The van der Waals surface area contributed by atoms with Crippen LogP contribution in [0.5, 0.6) is 5.75 Å². The molecule has 0 atom stereocenters. The number of pyridine rings is 1. The third-order valence-corrected chi connectivity index (χ3v) is 4.06. The van der Waals surface area contributed by atoms with Crippen molar-refractivity contribution in [1.82, 2.24) is 14.8 Å². The summed E-state index contributed by atoms with van der Waals surface area (Å²) in [4.78, 5) is 16.8. The lowest BCUT2D eigenvalue weighted by molar-refractivity contribution is 0.0726. The van der Waals surface area contributed by atoms with Crippen molar-refractivity contribution in [3.63, 3.8) is 0 Å². The molecule has 3 rings (SSSR count). The van der Waals surface area contributed by atoms with Crippen LogP contribution in [0.15, 0.2) is 34.9 Å². The van der Waals surface area contributed by atoms with E-state index < -0.39 is 11.8 Å². The van der Waals surface area contributed by atoms with Crippen LogP contribution in [-0.2, 0) is 0 Å². The van der Waals surface area contributed by atoms with E-state index in [4.69, 9.17) is 4.74 Å². The normalized spacial score (nSPS) is 11.2. The number of nitrogens with zero attached hydrogens (tertiary/aromatic N) is 3. The van der Waals surface area contributed by atoms with Crippen molar-refractivity contribution >= 4 is 32.9 Å². The number of fused-ring (bicyclic) bond motifs is 1. The average molecular weight is 392 g/mol. The van der Waals surface area contributed by atoms with Crippen molar-refractivity contribution in [1.29, 1.82) is 0 Å². The highest BCUT2D eigenvalue weighted by Crippen LogP contribution is 2.24. The van der Waals surface area contributed by atoms with E-state index >= 15 is 0 Å². The lowest BCUT2D eigenvalue weighted by atomic mass is 10.1. The number of benzene rings is 1. The highest BCUT2D eigenvalue weighted by Gasteiger charge is 2.18. The molecule has 0 amide bonds. The minimum absolute atomic E-state index is 0.124. The van der Waals surface area contributed by atoms with Crippen molar-refractivity contribution in [3.8, 4) is 5.75 Å². The van der Waals surface area contributed by atoms with Gasteiger partial charge in [-0.05, 0) is 45.0 Å². The second-order valence-electron chi connectivity index (χ2n) is 5.68. The fourth-order valence-electron chi connectivity index (χ4n) is 2.36. The number of aryl methyl sites for hydroxylation is 1. The number of aromatic nitrogens is 3. The summed E-state index contributed by atoms with van der Waals surface area (Å²) in [6.45, 7) is 5.72. The first-order valence-electron chi connectivity index (χ1n) is 7.39. The molecule has 0 aliphatic rings. The summed E-state index contributed by atoms with van der Waals surface area (Å²) in [5.74, 6) is -1.39. The fourth-order valence-corrected chi connectivity index (χ4v) is 2.70. The highest BCUT2D eigenvalue weighted by molar-refractivity contribution is 9.10. The van der Waals surface area contributed by atoms with Crippen molar-refractivity contribution in [2.45, 2.75) is 26.8 Å². The van der Waals surface area contributed by atoms with E-state index in [1.165, 1.54) is 12.1 Å². The van der Waals surface area contributed by atoms with Gasteiger partial charge in [-0.25, -0.2) is 18.9 Å². The Morgan fingerprint density at radius 3 is 2.75 bits per heavy atom. The van der Waals surface area contributed by atoms with E-state index in [0.717, 1.165) is 5.39 Å². The van der Waals surface area contributed by atoms with Gasteiger partial charge in [0.05, 0.1) is 17.5 Å². The van der Waals surface area contributed by atoms with Crippen LogP contribution in [0.4, 0.5) is 4.39 Å². The predicted octanol–water partition coefficient (Wildman–Crippen LogP) is 4.44. The second kappa shape index (κ2) is 6.32. The van der Waals surface area contributed by atoms with E-state index in [1.807, 2.05) is 13.8 Å². The summed E-state index contributed by atoms with van der Waals surface area (Å²) < 4.78 is 21.4. The molecule has 0 aliphatic carbocycles. The maximum Gasteiger partial charge on any atom is 0.345 e. The van der Waals surface area contributed by atoms with Crippen molar-refractivity contribution in [3.05, 3.63) is 52.0 Å². The molecular formula is C17H15BrFN3O2.